The fourth-order valence-electron chi connectivity index (χ4n) is 4.44. The second-order valence-electron chi connectivity index (χ2n) is 7.77. The zero-order valence-electron chi connectivity index (χ0n) is 15.3. The van der Waals surface area contributed by atoms with Gasteiger partial charge >= 0.3 is 0 Å². The molecule has 0 spiro atoms. The lowest BCUT2D eigenvalue weighted by Gasteiger charge is -2.27. The highest BCUT2D eigenvalue weighted by atomic mass is 16.2. The van der Waals surface area contributed by atoms with Crippen molar-refractivity contribution in [2.45, 2.75) is 50.1 Å². The van der Waals surface area contributed by atoms with Crippen molar-refractivity contribution in [2.75, 3.05) is 13.1 Å². The van der Waals surface area contributed by atoms with Gasteiger partial charge in [0.1, 0.15) is 0 Å². The maximum absolute atomic E-state index is 13.1. The van der Waals surface area contributed by atoms with Crippen LogP contribution in [0.3, 0.4) is 0 Å². The lowest BCUT2D eigenvalue weighted by molar-refractivity contribution is -0.131. The Morgan fingerprint density at radius 3 is 2.42 bits per heavy atom. The summed E-state index contributed by atoms with van der Waals surface area (Å²) >= 11 is 0. The number of fused-ring (bicyclic) bond motifs is 2. The first-order chi connectivity index (χ1) is 12.8. The van der Waals surface area contributed by atoms with Crippen molar-refractivity contribution in [3.8, 4) is 0 Å². The third-order valence-electron chi connectivity index (χ3n) is 5.89. The van der Waals surface area contributed by atoms with E-state index in [1.807, 2.05) is 12.1 Å². The number of rotatable bonds is 5. The zero-order chi connectivity index (χ0) is 17.8. The molecule has 2 aromatic rings. The highest BCUT2D eigenvalue weighted by Crippen LogP contribution is 2.27. The van der Waals surface area contributed by atoms with Gasteiger partial charge in [0.15, 0.2) is 0 Å². The number of hydrogen-bond donors (Lipinski definition) is 1. The first-order valence-electron chi connectivity index (χ1n) is 9.90. The normalized spacial score (nSPS) is 23.5. The molecule has 3 nitrogen and oxygen atoms in total. The van der Waals surface area contributed by atoms with E-state index in [-0.39, 0.29) is 5.92 Å². The summed E-state index contributed by atoms with van der Waals surface area (Å²) in [5.74, 6) is 0.545. The van der Waals surface area contributed by atoms with Gasteiger partial charge in [-0.05, 0) is 42.7 Å². The Balaban J connectivity index is 1.48. The van der Waals surface area contributed by atoms with Gasteiger partial charge in [-0.1, -0.05) is 60.7 Å². The molecule has 2 bridgehead atoms. The second-order valence-corrected chi connectivity index (χ2v) is 7.77. The first-order valence-corrected chi connectivity index (χ1v) is 9.90. The Bertz CT molecular complexity index is 716. The van der Waals surface area contributed by atoms with Crippen LogP contribution >= 0.6 is 0 Å². The largest absolute Gasteiger partial charge is 0.341 e. The number of hydrogen-bond acceptors (Lipinski definition) is 2. The summed E-state index contributed by atoms with van der Waals surface area (Å²) in [6.45, 7) is 1.78. The second kappa shape index (κ2) is 8.05. The van der Waals surface area contributed by atoms with Gasteiger partial charge in [-0.15, -0.1) is 0 Å². The monoisotopic (exact) mass is 348 g/mol. The molecule has 2 aliphatic rings. The maximum atomic E-state index is 13.1. The molecule has 3 unspecified atom stereocenters. The molecular formula is C23H28N2O. The van der Waals surface area contributed by atoms with Crippen LogP contribution in [0.15, 0.2) is 60.7 Å². The molecule has 2 aromatic carbocycles. The molecule has 3 heteroatoms. The number of carbonyl (C=O) groups excluding carboxylic acids is 1. The predicted octanol–water partition coefficient (Wildman–Crippen LogP) is 3.76. The van der Waals surface area contributed by atoms with Crippen LogP contribution in [0.25, 0.3) is 0 Å². The minimum Gasteiger partial charge on any atom is -0.341 e. The number of nitrogens with one attached hydrogen (secondary N) is 1. The van der Waals surface area contributed by atoms with Crippen molar-refractivity contribution in [3.05, 3.63) is 71.8 Å². The van der Waals surface area contributed by atoms with E-state index in [9.17, 15) is 4.79 Å². The molecule has 0 saturated carbocycles. The van der Waals surface area contributed by atoms with Crippen molar-refractivity contribution in [1.82, 2.24) is 10.2 Å². The van der Waals surface area contributed by atoms with Crippen molar-refractivity contribution in [3.63, 3.8) is 0 Å². The van der Waals surface area contributed by atoms with Gasteiger partial charge in [-0.25, -0.2) is 0 Å². The van der Waals surface area contributed by atoms with Crippen LogP contribution in [0.4, 0.5) is 0 Å². The third-order valence-corrected chi connectivity index (χ3v) is 5.89. The SMILES string of the molecule is O=C(CC(Cc1ccccc1)c1ccccc1)N1CCC2CCC(C1)N2. The van der Waals surface area contributed by atoms with Gasteiger partial charge < -0.3 is 10.2 Å². The van der Waals surface area contributed by atoms with Crippen molar-refractivity contribution in [1.29, 1.82) is 0 Å². The average Bonchev–Trinajstić information content (AvgIpc) is 3.01. The molecule has 1 N–H and O–H groups in total. The maximum Gasteiger partial charge on any atom is 0.223 e. The van der Waals surface area contributed by atoms with E-state index in [1.54, 1.807) is 0 Å². The molecule has 136 valence electrons. The van der Waals surface area contributed by atoms with Crippen LogP contribution < -0.4 is 5.32 Å². The molecular weight excluding hydrogens is 320 g/mol. The standard InChI is InChI=1S/C23H28N2O/c26-23(25-14-13-21-11-12-22(17-25)24-21)16-20(19-9-5-2-6-10-19)15-18-7-3-1-4-8-18/h1-10,20-22,24H,11-17H2. The van der Waals surface area contributed by atoms with Gasteiger partial charge in [0.25, 0.3) is 0 Å². The molecule has 1 amide bonds. The smallest absolute Gasteiger partial charge is 0.223 e. The van der Waals surface area contributed by atoms with Gasteiger partial charge in [-0.2, -0.15) is 0 Å². The number of amides is 1. The first kappa shape index (κ1) is 17.3. The molecule has 0 aliphatic carbocycles. The Hall–Kier alpha value is -2.13. The molecule has 3 atom stereocenters. The van der Waals surface area contributed by atoms with Crippen molar-refractivity contribution < 1.29 is 4.79 Å². The number of benzene rings is 2. The highest BCUT2D eigenvalue weighted by molar-refractivity contribution is 5.77. The van der Waals surface area contributed by atoms with Gasteiger partial charge in [0, 0.05) is 31.6 Å². The van der Waals surface area contributed by atoms with E-state index in [0.29, 0.717) is 24.4 Å². The predicted molar refractivity (Wildman–Crippen MR) is 105 cm³/mol. The minimum absolute atomic E-state index is 0.236. The summed E-state index contributed by atoms with van der Waals surface area (Å²) < 4.78 is 0. The van der Waals surface area contributed by atoms with E-state index in [1.165, 1.54) is 24.0 Å². The minimum atomic E-state index is 0.236. The van der Waals surface area contributed by atoms with E-state index in [4.69, 9.17) is 0 Å². The van der Waals surface area contributed by atoms with Crippen LogP contribution in [0, 0.1) is 0 Å². The summed E-state index contributed by atoms with van der Waals surface area (Å²) in [4.78, 5) is 15.2. The summed E-state index contributed by atoms with van der Waals surface area (Å²) in [7, 11) is 0. The van der Waals surface area contributed by atoms with E-state index < -0.39 is 0 Å². The Morgan fingerprint density at radius 1 is 0.962 bits per heavy atom. The molecule has 2 aliphatic heterocycles. The average molecular weight is 348 g/mol. The van der Waals surface area contributed by atoms with E-state index in [2.05, 4.69) is 58.7 Å². The molecule has 2 heterocycles. The lowest BCUT2D eigenvalue weighted by atomic mass is 9.88. The molecule has 0 radical (unpaired) electrons. The Labute approximate surface area is 156 Å². The molecule has 26 heavy (non-hydrogen) atoms. The van der Waals surface area contributed by atoms with E-state index in [0.717, 1.165) is 25.9 Å². The van der Waals surface area contributed by atoms with Crippen molar-refractivity contribution >= 4 is 5.91 Å². The highest BCUT2D eigenvalue weighted by Gasteiger charge is 2.31. The number of carbonyl (C=O) groups is 1. The van der Waals surface area contributed by atoms with Crippen LogP contribution in [0.1, 0.15) is 42.7 Å². The summed E-state index contributed by atoms with van der Waals surface area (Å²) in [6, 6.07) is 22.2. The number of likely N-dealkylation sites (tertiary alicyclic amines) is 1. The molecule has 0 aromatic heterocycles. The zero-order valence-corrected chi connectivity index (χ0v) is 15.3. The van der Waals surface area contributed by atoms with Gasteiger partial charge in [-0.3, -0.25) is 4.79 Å². The van der Waals surface area contributed by atoms with Crippen molar-refractivity contribution in [2.24, 2.45) is 0 Å². The lowest BCUT2D eigenvalue weighted by Crippen LogP contribution is -2.39. The quantitative estimate of drug-likeness (QED) is 0.892. The molecule has 2 saturated heterocycles. The van der Waals surface area contributed by atoms with Crippen LogP contribution in [-0.4, -0.2) is 36.0 Å². The number of nitrogens with zero attached hydrogens (tertiary/aromatic N) is 1. The third kappa shape index (κ3) is 4.16. The molecule has 2 fully saturated rings. The van der Waals surface area contributed by atoms with Crippen LogP contribution in [-0.2, 0) is 11.2 Å². The fraction of sp³-hybridized carbons (Fsp3) is 0.435. The molecule has 4 rings (SSSR count). The van der Waals surface area contributed by atoms with Crippen LogP contribution in [0.5, 0.6) is 0 Å². The van der Waals surface area contributed by atoms with Gasteiger partial charge in [0.2, 0.25) is 5.91 Å². The van der Waals surface area contributed by atoms with Gasteiger partial charge in [0.05, 0.1) is 0 Å². The summed E-state index contributed by atoms with van der Waals surface area (Å²) in [5, 5.41) is 3.67. The fourth-order valence-corrected chi connectivity index (χ4v) is 4.44. The topological polar surface area (TPSA) is 32.3 Å². The van der Waals surface area contributed by atoms with E-state index >= 15 is 0 Å². The Kier molecular flexibility index (Phi) is 5.35. The Morgan fingerprint density at radius 2 is 1.65 bits per heavy atom. The van der Waals surface area contributed by atoms with Crippen LogP contribution in [0.2, 0.25) is 0 Å². The summed E-state index contributed by atoms with van der Waals surface area (Å²) in [6.07, 6.45) is 5.08. The summed E-state index contributed by atoms with van der Waals surface area (Å²) in [5.41, 5.74) is 2.56.